The van der Waals surface area contributed by atoms with Crippen molar-refractivity contribution in [3.63, 3.8) is 0 Å². The number of nitrogens with zero attached hydrogens (tertiary/aromatic N) is 9. The van der Waals surface area contributed by atoms with Crippen LogP contribution < -0.4 is 0 Å². The van der Waals surface area contributed by atoms with Crippen molar-refractivity contribution in [2.75, 3.05) is 0 Å². The van der Waals surface area contributed by atoms with E-state index in [0.29, 0.717) is 0 Å². The standard InChI is InChI=1S/C52H33N9/c1-2-15-37(16-3-1)59-51(34-27-28-46-41(31-34)38-17-4-6-22-44(38)60(46)48-25-9-20-42(55-48)35-13-11-29-53-32-35)57-58-52(59)40-19-8-24-47-50(40)39-18-5-7-23-45(39)61(47)49-26-10-21-43(56-49)36-14-12-30-54-33-36/h1-33H. The van der Waals surface area contributed by atoms with Crippen LogP contribution in [0, 0.1) is 0 Å². The third kappa shape index (κ3) is 5.63. The van der Waals surface area contributed by atoms with Crippen molar-refractivity contribution in [3.05, 3.63) is 201 Å². The van der Waals surface area contributed by atoms with Gasteiger partial charge in [0.15, 0.2) is 11.6 Å². The first-order chi connectivity index (χ1) is 30.3. The highest BCUT2D eigenvalue weighted by Crippen LogP contribution is 2.41. The second-order valence-electron chi connectivity index (χ2n) is 14.9. The summed E-state index contributed by atoms with van der Waals surface area (Å²) in [6.45, 7) is 0. The Morgan fingerprint density at radius 1 is 0.361 bits per heavy atom. The van der Waals surface area contributed by atoms with Crippen LogP contribution in [0.25, 0.3) is 106 Å². The maximum absolute atomic E-state index is 5.16. The molecule has 0 atom stereocenters. The molecule has 0 spiro atoms. The SMILES string of the molecule is c1ccc(-n2c(-c3ccc4c(c3)c3ccccc3n4-c3cccc(-c4cccnc4)n3)nnc2-c2cccc3c2c2ccccc2n3-c2cccc(-c3cccnc3)n2)cc1. The molecule has 12 rings (SSSR count). The summed E-state index contributed by atoms with van der Waals surface area (Å²) >= 11 is 0. The van der Waals surface area contributed by atoms with Crippen LogP contribution in [0.1, 0.15) is 0 Å². The topological polar surface area (TPSA) is 92.1 Å². The van der Waals surface area contributed by atoms with Crippen LogP contribution in [0.5, 0.6) is 0 Å². The number of hydrogen-bond donors (Lipinski definition) is 0. The lowest BCUT2D eigenvalue weighted by molar-refractivity contribution is 1.07. The van der Waals surface area contributed by atoms with E-state index < -0.39 is 0 Å². The first-order valence-electron chi connectivity index (χ1n) is 20.1. The molecule has 0 saturated carbocycles. The summed E-state index contributed by atoms with van der Waals surface area (Å²) in [5, 5.41) is 14.4. The molecular weight excluding hydrogens is 751 g/mol. The Hall–Kier alpha value is -8.56. The highest BCUT2D eigenvalue weighted by atomic mass is 15.3. The van der Waals surface area contributed by atoms with Gasteiger partial charge in [-0.3, -0.25) is 23.7 Å². The summed E-state index contributed by atoms with van der Waals surface area (Å²) in [5.74, 6) is 3.14. The zero-order valence-corrected chi connectivity index (χ0v) is 32.6. The Morgan fingerprint density at radius 3 is 1.62 bits per heavy atom. The molecule has 0 radical (unpaired) electrons. The van der Waals surface area contributed by atoms with E-state index in [2.05, 4.69) is 157 Å². The number of hydrogen-bond acceptors (Lipinski definition) is 6. The van der Waals surface area contributed by atoms with Gasteiger partial charge in [-0.05, 0) is 97.1 Å². The van der Waals surface area contributed by atoms with Gasteiger partial charge in [0.25, 0.3) is 0 Å². The molecule has 0 bridgehead atoms. The fourth-order valence-electron chi connectivity index (χ4n) is 8.72. The van der Waals surface area contributed by atoms with Gasteiger partial charge in [-0.15, -0.1) is 10.2 Å². The Bertz CT molecular complexity index is 3590. The normalized spacial score (nSPS) is 11.6. The van der Waals surface area contributed by atoms with E-state index in [9.17, 15) is 0 Å². The van der Waals surface area contributed by atoms with Gasteiger partial charge in [0.2, 0.25) is 0 Å². The summed E-state index contributed by atoms with van der Waals surface area (Å²) in [5.41, 5.74) is 10.7. The third-order valence-electron chi connectivity index (χ3n) is 11.4. The number of rotatable bonds is 7. The third-order valence-corrected chi connectivity index (χ3v) is 11.4. The van der Waals surface area contributed by atoms with Crippen LogP contribution in [0.15, 0.2) is 201 Å². The van der Waals surface area contributed by atoms with Crippen LogP contribution in [-0.2, 0) is 0 Å². The van der Waals surface area contributed by atoms with Gasteiger partial charge in [0.05, 0.1) is 33.5 Å². The van der Waals surface area contributed by atoms with Crippen LogP contribution >= 0.6 is 0 Å². The molecule has 0 unspecified atom stereocenters. The van der Waals surface area contributed by atoms with Crippen LogP contribution in [-0.4, -0.2) is 43.8 Å². The molecule has 0 fully saturated rings. The molecule has 0 amide bonds. The summed E-state index contributed by atoms with van der Waals surface area (Å²) in [7, 11) is 0. The van der Waals surface area contributed by atoms with E-state index in [-0.39, 0.29) is 0 Å². The van der Waals surface area contributed by atoms with Gasteiger partial charge in [-0.1, -0.05) is 78.9 Å². The fourth-order valence-corrected chi connectivity index (χ4v) is 8.72. The smallest absolute Gasteiger partial charge is 0.169 e. The minimum absolute atomic E-state index is 0.739. The van der Waals surface area contributed by atoms with E-state index in [4.69, 9.17) is 20.2 Å². The number of benzene rings is 5. The predicted molar refractivity (Wildman–Crippen MR) is 243 cm³/mol. The summed E-state index contributed by atoms with van der Waals surface area (Å²) < 4.78 is 6.66. The maximum atomic E-state index is 5.16. The molecule has 7 heterocycles. The Balaban J connectivity index is 1.05. The highest BCUT2D eigenvalue weighted by molar-refractivity contribution is 6.15. The van der Waals surface area contributed by atoms with Crippen molar-refractivity contribution in [2.45, 2.75) is 0 Å². The molecule has 0 aliphatic carbocycles. The Labute approximate surface area is 349 Å². The van der Waals surface area contributed by atoms with E-state index in [1.807, 2.05) is 54.9 Å². The van der Waals surface area contributed by atoms with Crippen LogP contribution in [0.2, 0.25) is 0 Å². The van der Waals surface area contributed by atoms with E-state index in [1.54, 1.807) is 12.4 Å². The predicted octanol–water partition coefficient (Wildman–Crippen LogP) is 11.7. The number of fused-ring (bicyclic) bond motifs is 6. The Kier molecular flexibility index (Phi) is 7.95. The van der Waals surface area contributed by atoms with E-state index >= 15 is 0 Å². The zero-order chi connectivity index (χ0) is 40.3. The largest absolute Gasteiger partial charge is 0.294 e. The lowest BCUT2D eigenvalue weighted by Gasteiger charge is -2.13. The van der Waals surface area contributed by atoms with Crippen LogP contribution in [0.4, 0.5) is 0 Å². The van der Waals surface area contributed by atoms with E-state index in [1.165, 1.54) is 0 Å². The molecule has 0 N–H and O–H groups in total. The molecule has 7 aromatic heterocycles. The number of pyridine rings is 4. The average molecular weight is 784 g/mol. The average Bonchev–Trinajstić information content (AvgIpc) is 4.03. The minimum Gasteiger partial charge on any atom is -0.294 e. The van der Waals surface area contributed by atoms with Crippen molar-refractivity contribution < 1.29 is 0 Å². The van der Waals surface area contributed by atoms with Gasteiger partial charge in [-0.2, -0.15) is 0 Å². The molecule has 9 heteroatoms. The monoisotopic (exact) mass is 783 g/mol. The van der Waals surface area contributed by atoms with Gasteiger partial charge < -0.3 is 0 Å². The molecule has 0 aliphatic rings. The van der Waals surface area contributed by atoms with Crippen molar-refractivity contribution >= 4 is 43.6 Å². The van der Waals surface area contributed by atoms with Crippen LogP contribution in [0.3, 0.4) is 0 Å². The molecule has 5 aromatic carbocycles. The van der Waals surface area contributed by atoms with Gasteiger partial charge in [-0.25, -0.2) is 9.97 Å². The molecule has 0 aliphatic heterocycles. The summed E-state index contributed by atoms with van der Waals surface area (Å²) in [4.78, 5) is 19.0. The fraction of sp³-hybridized carbons (Fsp3) is 0. The lowest BCUT2D eigenvalue weighted by atomic mass is 10.0. The van der Waals surface area contributed by atoms with Crippen molar-refractivity contribution in [1.29, 1.82) is 0 Å². The van der Waals surface area contributed by atoms with Gasteiger partial charge in [0, 0.05) is 74.3 Å². The van der Waals surface area contributed by atoms with Crippen molar-refractivity contribution in [2.24, 2.45) is 0 Å². The lowest BCUT2D eigenvalue weighted by Crippen LogP contribution is -2.01. The zero-order valence-electron chi connectivity index (χ0n) is 32.6. The Morgan fingerprint density at radius 2 is 0.934 bits per heavy atom. The molecule has 9 nitrogen and oxygen atoms in total. The second-order valence-corrected chi connectivity index (χ2v) is 14.9. The quantitative estimate of drug-likeness (QED) is 0.160. The van der Waals surface area contributed by atoms with Crippen molar-refractivity contribution in [1.82, 2.24) is 43.8 Å². The van der Waals surface area contributed by atoms with Gasteiger partial charge >= 0.3 is 0 Å². The highest BCUT2D eigenvalue weighted by Gasteiger charge is 2.24. The molecule has 0 saturated heterocycles. The molecule has 286 valence electrons. The number of aromatic nitrogens is 9. The van der Waals surface area contributed by atoms with Crippen molar-refractivity contribution in [3.8, 4) is 62.6 Å². The maximum Gasteiger partial charge on any atom is 0.169 e. The molecule has 12 aromatic rings. The molecule has 61 heavy (non-hydrogen) atoms. The summed E-state index contributed by atoms with van der Waals surface area (Å²) in [6, 6.07) is 60.5. The second kappa shape index (κ2) is 14.1. The first kappa shape index (κ1) is 34.5. The molecular formula is C52H33N9. The van der Waals surface area contributed by atoms with E-state index in [0.717, 1.165) is 106 Å². The number of para-hydroxylation sites is 3. The first-order valence-corrected chi connectivity index (χ1v) is 20.1. The summed E-state index contributed by atoms with van der Waals surface area (Å²) in [6.07, 6.45) is 7.25. The minimum atomic E-state index is 0.739. The van der Waals surface area contributed by atoms with Gasteiger partial charge in [0.1, 0.15) is 11.6 Å².